The lowest BCUT2D eigenvalue weighted by Gasteiger charge is -2.24. The Bertz CT molecular complexity index is 536. The number of benzene rings is 1. The van der Waals surface area contributed by atoms with Gasteiger partial charge >= 0.3 is 0 Å². The van der Waals surface area contributed by atoms with Crippen molar-refractivity contribution in [3.05, 3.63) is 34.6 Å². The fourth-order valence-electron chi connectivity index (χ4n) is 2.20. The maximum absolute atomic E-state index is 13.0. The number of carbonyl (C=O) groups excluding carboxylic acids is 1. The van der Waals surface area contributed by atoms with E-state index in [-0.39, 0.29) is 22.3 Å². The van der Waals surface area contributed by atoms with Gasteiger partial charge in [-0.1, -0.05) is 16.8 Å². The molecule has 1 aromatic carbocycles. The maximum atomic E-state index is 13.0. The number of nitrogens with two attached hydrogens (primary N) is 1. The summed E-state index contributed by atoms with van der Waals surface area (Å²) in [6.45, 7) is 0.493. The second-order valence-electron chi connectivity index (χ2n) is 4.31. The van der Waals surface area contributed by atoms with Crippen LogP contribution in [-0.4, -0.2) is 34.4 Å². The van der Waals surface area contributed by atoms with Gasteiger partial charge in [0.2, 0.25) is 0 Å². The zero-order chi connectivity index (χ0) is 14.0. The number of halogens is 2. The molecule has 1 fully saturated rings. The number of carbonyl (C=O) groups is 1. The Morgan fingerprint density at radius 2 is 2.32 bits per heavy atom. The van der Waals surface area contributed by atoms with Crippen molar-refractivity contribution in [1.29, 1.82) is 0 Å². The lowest BCUT2D eigenvalue weighted by atomic mass is 10.1. The molecular formula is C12H13ClFN3O2. The molecule has 3 N–H and O–H groups in total. The fraction of sp³-hybridized carbons (Fsp3) is 0.333. The Labute approximate surface area is 114 Å². The monoisotopic (exact) mass is 285 g/mol. The molecule has 102 valence electrons. The Kier molecular flexibility index (Phi) is 3.90. The molecule has 0 saturated carbocycles. The van der Waals surface area contributed by atoms with Gasteiger partial charge < -0.3 is 15.8 Å². The van der Waals surface area contributed by atoms with Crippen molar-refractivity contribution in [3.63, 3.8) is 0 Å². The summed E-state index contributed by atoms with van der Waals surface area (Å²) in [5.41, 5.74) is 5.77. The lowest BCUT2D eigenvalue weighted by Crippen LogP contribution is -2.44. The number of nitrogens with zero attached hydrogens (tertiary/aromatic N) is 2. The van der Waals surface area contributed by atoms with Gasteiger partial charge in [-0.3, -0.25) is 4.79 Å². The van der Waals surface area contributed by atoms with Crippen molar-refractivity contribution in [2.45, 2.75) is 18.9 Å². The summed E-state index contributed by atoms with van der Waals surface area (Å²) in [5.74, 6) is -0.862. The average Bonchev–Trinajstić information content (AvgIpc) is 2.86. The molecule has 7 heteroatoms. The summed E-state index contributed by atoms with van der Waals surface area (Å²) < 4.78 is 13.0. The second-order valence-corrected chi connectivity index (χ2v) is 4.71. The Hall–Kier alpha value is -1.82. The van der Waals surface area contributed by atoms with Crippen LogP contribution in [0, 0.1) is 5.82 Å². The van der Waals surface area contributed by atoms with Gasteiger partial charge in [-0.2, -0.15) is 0 Å². The molecule has 19 heavy (non-hydrogen) atoms. The number of oxime groups is 1. The summed E-state index contributed by atoms with van der Waals surface area (Å²) in [7, 11) is 0. The minimum atomic E-state index is -0.504. The Morgan fingerprint density at radius 1 is 1.58 bits per heavy atom. The van der Waals surface area contributed by atoms with Crippen LogP contribution >= 0.6 is 11.6 Å². The van der Waals surface area contributed by atoms with Crippen molar-refractivity contribution in [3.8, 4) is 0 Å². The van der Waals surface area contributed by atoms with E-state index in [9.17, 15) is 9.18 Å². The highest BCUT2D eigenvalue weighted by Crippen LogP contribution is 2.24. The standard InChI is InChI=1S/C12H13ClFN3O2/c13-9-6-7(14)3-4-8(9)12(18)17-5-1-2-10(17)11(15)16-19/h3-4,6,10,19H,1-2,5H2,(H2,15,16). The predicted molar refractivity (Wildman–Crippen MR) is 68.9 cm³/mol. The van der Waals surface area contributed by atoms with Gasteiger partial charge in [0.15, 0.2) is 5.84 Å². The van der Waals surface area contributed by atoms with E-state index < -0.39 is 11.9 Å². The predicted octanol–water partition coefficient (Wildman–Crippen LogP) is 1.83. The fourth-order valence-corrected chi connectivity index (χ4v) is 2.45. The first-order chi connectivity index (χ1) is 9.04. The Morgan fingerprint density at radius 3 is 2.95 bits per heavy atom. The van der Waals surface area contributed by atoms with Crippen LogP contribution in [0.4, 0.5) is 4.39 Å². The van der Waals surface area contributed by atoms with E-state index in [1.54, 1.807) is 0 Å². The van der Waals surface area contributed by atoms with Crippen molar-refractivity contribution < 1.29 is 14.4 Å². The summed E-state index contributed by atoms with van der Waals surface area (Å²) in [6.07, 6.45) is 1.38. The van der Waals surface area contributed by atoms with Crippen LogP contribution in [0.2, 0.25) is 5.02 Å². The molecule has 0 radical (unpaired) electrons. The van der Waals surface area contributed by atoms with E-state index in [4.69, 9.17) is 22.5 Å². The summed E-state index contributed by atoms with van der Waals surface area (Å²) in [6, 6.07) is 3.15. The minimum Gasteiger partial charge on any atom is -0.409 e. The zero-order valence-corrected chi connectivity index (χ0v) is 10.8. The molecule has 0 bridgehead atoms. The van der Waals surface area contributed by atoms with Crippen molar-refractivity contribution >= 4 is 23.3 Å². The third kappa shape index (κ3) is 2.63. The molecule has 0 spiro atoms. The molecule has 2 rings (SSSR count). The van der Waals surface area contributed by atoms with Gasteiger partial charge in [-0.05, 0) is 31.0 Å². The van der Waals surface area contributed by atoms with Crippen LogP contribution in [0.5, 0.6) is 0 Å². The van der Waals surface area contributed by atoms with Crippen molar-refractivity contribution in [1.82, 2.24) is 4.90 Å². The SMILES string of the molecule is NC(=NO)C1CCCN1C(=O)c1ccc(F)cc1Cl. The number of hydrogen-bond donors (Lipinski definition) is 2. The average molecular weight is 286 g/mol. The van der Waals surface area contributed by atoms with Crippen LogP contribution in [0.3, 0.4) is 0 Å². The summed E-state index contributed by atoms with van der Waals surface area (Å²) >= 11 is 5.87. The molecule has 0 aliphatic carbocycles. The molecule has 5 nitrogen and oxygen atoms in total. The number of amidine groups is 1. The molecule has 1 amide bonds. The molecule has 1 aliphatic heterocycles. The van der Waals surface area contributed by atoms with E-state index in [0.29, 0.717) is 13.0 Å². The Balaban J connectivity index is 2.28. The smallest absolute Gasteiger partial charge is 0.255 e. The number of hydrogen-bond acceptors (Lipinski definition) is 3. The second kappa shape index (κ2) is 5.44. The van der Waals surface area contributed by atoms with Crippen LogP contribution in [0.1, 0.15) is 23.2 Å². The normalized spacial score (nSPS) is 19.8. The quantitative estimate of drug-likeness (QED) is 0.376. The topological polar surface area (TPSA) is 78.9 Å². The highest BCUT2D eigenvalue weighted by Gasteiger charge is 2.33. The van der Waals surface area contributed by atoms with Crippen LogP contribution in [0.15, 0.2) is 23.4 Å². The number of rotatable bonds is 2. The molecule has 1 aromatic rings. The van der Waals surface area contributed by atoms with Gasteiger partial charge in [0.1, 0.15) is 5.82 Å². The lowest BCUT2D eigenvalue weighted by molar-refractivity contribution is 0.0768. The maximum Gasteiger partial charge on any atom is 0.255 e. The van der Waals surface area contributed by atoms with Gasteiger partial charge in [0.05, 0.1) is 16.6 Å². The van der Waals surface area contributed by atoms with Crippen LogP contribution < -0.4 is 5.73 Å². The summed E-state index contributed by atoms with van der Waals surface area (Å²) in [5, 5.41) is 11.7. The summed E-state index contributed by atoms with van der Waals surface area (Å²) in [4.78, 5) is 13.8. The highest BCUT2D eigenvalue weighted by atomic mass is 35.5. The molecule has 0 aromatic heterocycles. The first-order valence-corrected chi connectivity index (χ1v) is 6.16. The molecule has 1 unspecified atom stereocenters. The van der Waals surface area contributed by atoms with Gasteiger partial charge in [-0.15, -0.1) is 0 Å². The highest BCUT2D eigenvalue weighted by molar-refractivity contribution is 6.33. The minimum absolute atomic E-state index is 0.0101. The molecular weight excluding hydrogens is 273 g/mol. The molecule has 1 atom stereocenters. The number of likely N-dealkylation sites (tertiary alicyclic amines) is 1. The van der Waals surface area contributed by atoms with Crippen LogP contribution in [0.25, 0.3) is 0 Å². The first-order valence-electron chi connectivity index (χ1n) is 5.78. The molecule has 1 saturated heterocycles. The zero-order valence-electron chi connectivity index (χ0n) is 10.0. The van der Waals surface area contributed by atoms with Gasteiger partial charge in [0.25, 0.3) is 5.91 Å². The van der Waals surface area contributed by atoms with Gasteiger partial charge in [-0.25, -0.2) is 4.39 Å². The van der Waals surface area contributed by atoms with E-state index in [1.807, 2.05) is 0 Å². The van der Waals surface area contributed by atoms with Crippen LogP contribution in [-0.2, 0) is 0 Å². The van der Waals surface area contributed by atoms with Crippen molar-refractivity contribution in [2.75, 3.05) is 6.54 Å². The third-order valence-corrected chi connectivity index (χ3v) is 3.44. The first kappa shape index (κ1) is 13.6. The van der Waals surface area contributed by atoms with E-state index in [2.05, 4.69) is 5.16 Å². The third-order valence-electron chi connectivity index (χ3n) is 3.13. The van der Waals surface area contributed by atoms with E-state index in [1.165, 1.54) is 17.0 Å². The largest absolute Gasteiger partial charge is 0.409 e. The molecule has 1 aliphatic rings. The van der Waals surface area contributed by atoms with Gasteiger partial charge in [0, 0.05) is 6.54 Å². The molecule has 1 heterocycles. The van der Waals surface area contributed by atoms with E-state index in [0.717, 1.165) is 12.5 Å². The number of amides is 1. The van der Waals surface area contributed by atoms with E-state index >= 15 is 0 Å². The van der Waals surface area contributed by atoms with Crippen molar-refractivity contribution in [2.24, 2.45) is 10.9 Å².